The number of halogens is 1. The van der Waals surface area contributed by atoms with Crippen molar-refractivity contribution >= 4 is 11.4 Å². The van der Waals surface area contributed by atoms with E-state index < -0.39 is 10.7 Å². The lowest BCUT2D eigenvalue weighted by molar-refractivity contribution is -0.385. The average molecular weight is 212 g/mol. The standard InChI is InChI=1S/C9H9FN2O3/c10-8-4-7(12(13)14)3-6-1-2-15-5-11-9(6)8/h3-4,11H,1-2,5H2. The van der Waals surface area contributed by atoms with Gasteiger partial charge >= 0.3 is 0 Å². The number of nitro groups is 1. The van der Waals surface area contributed by atoms with Crippen LogP contribution in [0.15, 0.2) is 12.1 Å². The van der Waals surface area contributed by atoms with E-state index in [1.165, 1.54) is 6.07 Å². The summed E-state index contributed by atoms with van der Waals surface area (Å²) in [4.78, 5) is 9.91. The van der Waals surface area contributed by atoms with Crippen LogP contribution in [0.3, 0.4) is 0 Å². The lowest BCUT2D eigenvalue weighted by Crippen LogP contribution is -2.05. The summed E-state index contributed by atoms with van der Waals surface area (Å²) >= 11 is 0. The molecule has 0 saturated heterocycles. The van der Waals surface area contributed by atoms with E-state index in [0.29, 0.717) is 24.3 Å². The Labute approximate surface area is 85.0 Å². The molecule has 1 aliphatic rings. The van der Waals surface area contributed by atoms with Crippen LogP contribution >= 0.6 is 0 Å². The molecule has 0 unspecified atom stereocenters. The van der Waals surface area contributed by atoms with Crippen LogP contribution < -0.4 is 5.32 Å². The van der Waals surface area contributed by atoms with Gasteiger partial charge in [-0.25, -0.2) is 4.39 Å². The first-order valence-electron chi connectivity index (χ1n) is 4.47. The van der Waals surface area contributed by atoms with Crippen molar-refractivity contribution in [3.63, 3.8) is 0 Å². The topological polar surface area (TPSA) is 64.4 Å². The molecule has 5 nitrogen and oxygen atoms in total. The molecule has 0 aliphatic carbocycles. The van der Waals surface area contributed by atoms with E-state index in [2.05, 4.69) is 5.32 Å². The van der Waals surface area contributed by atoms with E-state index in [9.17, 15) is 14.5 Å². The number of nitrogens with zero attached hydrogens (tertiary/aromatic N) is 1. The van der Waals surface area contributed by atoms with Crippen LogP contribution in [0, 0.1) is 15.9 Å². The van der Waals surface area contributed by atoms with E-state index in [-0.39, 0.29) is 12.4 Å². The van der Waals surface area contributed by atoms with Crippen molar-refractivity contribution < 1.29 is 14.1 Å². The number of nitro benzene ring substituents is 1. The molecular weight excluding hydrogens is 203 g/mol. The first-order valence-corrected chi connectivity index (χ1v) is 4.47. The molecule has 1 heterocycles. The third-order valence-corrected chi connectivity index (χ3v) is 2.23. The third-order valence-electron chi connectivity index (χ3n) is 2.23. The molecule has 0 fully saturated rings. The number of hydrogen-bond donors (Lipinski definition) is 1. The summed E-state index contributed by atoms with van der Waals surface area (Å²) in [5.41, 5.74) is 0.659. The SMILES string of the molecule is O=[N+]([O-])c1cc(F)c2c(c1)CCOCN2. The minimum Gasteiger partial charge on any atom is -0.361 e. The Bertz CT molecular complexity index is 409. The fraction of sp³-hybridized carbons (Fsp3) is 0.333. The number of ether oxygens (including phenoxy) is 1. The van der Waals surface area contributed by atoms with Crippen molar-refractivity contribution in [3.8, 4) is 0 Å². The summed E-state index contributed by atoms with van der Waals surface area (Å²) in [6.07, 6.45) is 0.473. The molecule has 0 aromatic heterocycles. The molecule has 1 aromatic rings. The molecule has 0 spiro atoms. The highest BCUT2D eigenvalue weighted by atomic mass is 19.1. The van der Waals surface area contributed by atoms with Gasteiger partial charge in [-0.3, -0.25) is 10.1 Å². The van der Waals surface area contributed by atoms with E-state index in [1.807, 2.05) is 0 Å². The number of benzene rings is 1. The van der Waals surface area contributed by atoms with Crippen molar-refractivity contribution in [1.29, 1.82) is 0 Å². The van der Waals surface area contributed by atoms with Gasteiger partial charge in [0.25, 0.3) is 5.69 Å². The van der Waals surface area contributed by atoms with Gasteiger partial charge in [0, 0.05) is 6.07 Å². The van der Waals surface area contributed by atoms with E-state index in [0.717, 1.165) is 6.07 Å². The highest BCUT2D eigenvalue weighted by Gasteiger charge is 2.17. The Morgan fingerprint density at radius 1 is 1.53 bits per heavy atom. The Morgan fingerprint density at radius 3 is 3.07 bits per heavy atom. The average Bonchev–Trinajstić information content (AvgIpc) is 2.42. The van der Waals surface area contributed by atoms with Gasteiger partial charge in [0.1, 0.15) is 6.73 Å². The highest BCUT2D eigenvalue weighted by molar-refractivity contribution is 5.57. The maximum Gasteiger partial charge on any atom is 0.272 e. The highest BCUT2D eigenvalue weighted by Crippen LogP contribution is 2.27. The van der Waals surface area contributed by atoms with E-state index in [4.69, 9.17) is 4.74 Å². The van der Waals surface area contributed by atoms with Crippen LogP contribution in [0.4, 0.5) is 15.8 Å². The first-order chi connectivity index (χ1) is 7.18. The zero-order chi connectivity index (χ0) is 10.8. The van der Waals surface area contributed by atoms with E-state index >= 15 is 0 Å². The molecule has 1 aromatic carbocycles. The molecule has 0 atom stereocenters. The molecule has 0 amide bonds. The van der Waals surface area contributed by atoms with Gasteiger partial charge in [0.2, 0.25) is 0 Å². The number of hydrogen-bond acceptors (Lipinski definition) is 4. The minimum absolute atomic E-state index is 0.224. The van der Waals surface area contributed by atoms with Gasteiger partial charge in [-0.05, 0) is 12.0 Å². The van der Waals surface area contributed by atoms with Gasteiger partial charge < -0.3 is 10.1 Å². The van der Waals surface area contributed by atoms with Gasteiger partial charge in [0.15, 0.2) is 5.82 Å². The summed E-state index contributed by atoms with van der Waals surface area (Å²) in [6.45, 7) is 0.655. The molecule has 0 radical (unpaired) electrons. The van der Waals surface area contributed by atoms with Crippen molar-refractivity contribution in [1.82, 2.24) is 0 Å². The quantitative estimate of drug-likeness (QED) is 0.568. The number of anilines is 1. The predicted molar refractivity (Wildman–Crippen MR) is 51.2 cm³/mol. The number of non-ortho nitro benzene ring substituents is 1. The van der Waals surface area contributed by atoms with Crippen LogP contribution in [0.2, 0.25) is 0 Å². The molecule has 2 rings (SSSR count). The van der Waals surface area contributed by atoms with Crippen LogP contribution in [0.1, 0.15) is 5.56 Å². The second-order valence-corrected chi connectivity index (χ2v) is 3.20. The van der Waals surface area contributed by atoms with Crippen molar-refractivity contribution in [2.45, 2.75) is 6.42 Å². The summed E-state index contributed by atoms with van der Waals surface area (Å²) in [5, 5.41) is 13.3. The monoisotopic (exact) mass is 212 g/mol. The lowest BCUT2D eigenvalue weighted by Gasteiger charge is -2.07. The molecule has 0 bridgehead atoms. The van der Waals surface area contributed by atoms with Crippen LogP contribution in [0.5, 0.6) is 0 Å². The van der Waals surface area contributed by atoms with Gasteiger partial charge in [-0.2, -0.15) is 0 Å². The summed E-state index contributed by atoms with van der Waals surface area (Å²) in [6, 6.07) is 2.29. The Morgan fingerprint density at radius 2 is 2.33 bits per heavy atom. The zero-order valence-corrected chi connectivity index (χ0v) is 7.83. The van der Waals surface area contributed by atoms with Gasteiger partial charge in [0.05, 0.1) is 23.3 Å². The van der Waals surface area contributed by atoms with Crippen LogP contribution in [-0.2, 0) is 11.2 Å². The van der Waals surface area contributed by atoms with Crippen LogP contribution in [-0.4, -0.2) is 18.3 Å². The largest absolute Gasteiger partial charge is 0.361 e. The molecule has 15 heavy (non-hydrogen) atoms. The Balaban J connectivity index is 2.48. The minimum atomic E-state index is -0.607. The summed E-state index contributed by atoms with van der Waals surface area (Å²) < 4.78 is 18.5. The maximum absolute atomic E-state index is 13.5. The van der Waals surface area contributed by atoms with Crippen molar-refractivity contribution in [2.24, 2.45) is 0 Å². The molecule has 1 N–H and O–H groups in total. The lowest BCUT2D eigenvalue weighted by atomic mass is 10.1. The molecule has 1 aliphatic heterocycles. The molecule has 80 valence electrons. The van der Waals surface area contributed by atoms with Crippen LogP contribution in [0.25, 0.3) is 0 Å². The van der Waals surface area contributed by atoms with E-state index in [1.54, 1.807) is 0 Å². The fourth-order valence-electron chi connectivity index (χ4n) is 1.53. The number of rotatable bonds is 1. The Hall–Kier alpha value is -1.69. The normalized spacial score (nSPS) is 15.0. The molecular formula is C9H9FN2O3. The first kappa shape index (κ1) is 9.85. The second-order valence-electron chi connectivity index (χ2n) is 3.20. The summed E-state index contributed by atoms with van der Waals surface area (Å²) in [5.74, 6) is -0.607. The Kier molecular flexibility index (Phi) is 2.51. The zero-order valence-electron chi connectivity index (χ0n) is 7.83. The maximum atomic E-state index is 13.5. The smallest absolute Gasteiger partial charge is 0.272 e. The fourth-order valence-corrected chi connectivity index (χ4v) is 1.53. The van der Waals surface area contributed by atoms with Gasteiger partial charge in [-0.1, -0.05) is 0 Å². The predicted octanol–water partition coefficient (Wildman–Crippen LogP) is 1.68. The summed E-state index contributed by atoms with van der Waals surface area (Å²) in [7, 11) is 0. The third kappa shape index (κ3) is 1.89. The number of nitrogens with one attached hydrogen (secondary N) is 1. The van der Waals surface area contributed by atoms with Crippen molar-refractivity contribution in [2.75, 3.05) is 18.7 Å². The molecule has 0 saturated carbocycles. The van der Waals surface area contributed by atoms with Gasteiger partial charge in [-0.15, -0.1) is 0 Å². The second kappa shape index (κ2) is 3.82. The number of fused-ring (bicyclic) bond motifs is 1. The van der Waals surface area contributed by atoms with Crippen molar-refractivity contribution in [3.05, 3.63) is 33.6 Å². The molecule has 6 heteroatoms.